The largest absolute Gasteiger partial charge is 0.304 e. The summed E-state index contributed by atoms with van der Waals surface area (Å²) in [5.41, 5.74) is 0. The van der Waals surface area contributed by atoms with Crippen molar-refractivity contribution >= 4 is 0 Å². The number of nitrogens with zero attached hydrogens (tertiary/aromatic N) is 1. The van der Waals surface area contributed by atoms with Gasteiger partial charge in [-0.05, 0) is 19.6 Å². The number of halogens is 1. The third-order valence-electron chi connectivity index (χ3n) is 1.34. The van der Waals surface area contributed by atoms with E-state index < -0.39 is 0 Å². The van der Waals surface area contributed by atoms with Crippen LogP contribution in [-0.2, 0) is 0 Å². The Morgan fingerprint density at radius 3 is 1.11 bits per heavy atom. The lowest BCUT2D eigenvalue weighted by molar-refractivity contribution is 0.321. The average molecular weight is 135 g/mol. The summed E-state index contributed by atoms with van der Waals surface area (Å²) < 4.78 is 9.50. The molecule has 0 heterocycles. The van der Waals surface area contributed by atoms with Crippen molar-refractivity contribution in [2.75, 3.05) is 26.8 Å². The highest BCUT2D eigenvalue weighted by Gasteiger charge is 1.89. The third-order valence-corrected chi connectivity index (χ3v) is 1.34. The van der Waals surface area contributed by atoms with Crippen molar-refractivity contribution in [1.29, 1.82) is 0 Å². The van der Waals surface area contributed by atoms with Crippen LogP contribution in [0.15, 0.2) is 0 Å². The predicted molar refractivity (Wildman–Crippen MR) is 40.5 cm³/mol. The second-order valence-electron chi connectivity index (χ2n) is 1.62. The molecule has 0 aromatic carbocycles. The number of alkyl halides is 1. The molecule has 0 saturated heterocycles. The van der Waals surface area contributed by atoms with Crippen LogP contribution in [0.4, 0.5) is 4.39 Å². The summed E-state index contributed by atoms with van der Waals surface area (Å²) in [6.07, 6.45) is 0. The minimum atomic E-state index is 0.500. The van der Waals surface area contributed by atoms with E-state index >= 15 is 0 Å². The number of hydrogen-bond donors (Lipinski definition) is 0. The zero-order valence-electron chi connectivity index (χ0n) is 6.95. The molecule has 2 heteroatoms. The highest BCUT2D eigenvalue weighted by atomic mass is 19.1. The predicted octanol–water partition coefficient (Wildman–Crippen LogP) is 1.93. The van der Waals surface area contributed by atoms with Crippen molar-refractivity contribution in [3.8, 4) is 0 Å². The molecule has 0 aliphatic carbocycles. The van der Waals surface area contributed by atoms with E-state index in [0.717, 1.165) is 0 Å². The quantitative estimate of drug-likeness (QED) is 0.571. The molecule has 58 valence electrons. The van der Waals surface area contributed by atoms with E-state index in [0.29, 0.717) is 7.18 Å². The highest BCUT2D eigenvalue weighted by Crippen LogP contribution is 1.81. The molecule has 0 aliphatic heterocycles. The second kappa shape index (κ2) is 10.8. The summed E-state index contributed by atoms with van der Waals surface area (Å²) in [5, 5.41) is 0. The molecule has 0 spiro atoms. The first-order chi connectivity index (χ1) is 4.35. The van der Waals surface area contributed by atoms with Gasteiger partial charge in [-0.3, -0.25) is 4.39 Å². The molecule has 0 aromatic rings. The molecule has 0 unspecified atom stereocenters. The average Bonchev–Trinajstić information content (AvgIpc) is 1.96. The first-order valence-electron chi connectivity index (χ1n) is 3.45. The van der Waals surface area contributed by atoms with Gasteiger partial charge < -0.3 is 4.90 Å². The molecule has 1 nitrogen and oxygen atoms in total. The minimum absolute atomic E-state index is 0.500. The molecule has 0 amide bonds. The Morgan fingerprint density at radius 1 is 0.889 bits per heavy atom. The zero-order valence-corrected chi connectivity index (χ0v) is 6.95. The zero-order chi connectivity index (χ0) is 7.70. The van der Waals surface area contributed by atoms with E-state index in [1.807, 2.05) is 0 Å². The third kappa shape index (κ3) is 7.89. The molecular weight excluding hydrogens is 117 g/mol. The molecule has 0 aliphatic rings. The van der Waals surface area contributed by atoms with Gasteiger partial charge >= 0.3 is 0 Å². The van der Waals surface area contributed by atoms with E-state index in [-0.39, 0.29) is 0 Å². The normalized spacial score (nSPS) is 8.67. The van der Waals surface area contributed by atoms with Crippen molar-refractivity contribution in [3.05, 3.63) is 0 Å². The second-order valence-corrected chi connectivity index (χ2v) is 1.62. The summed E-state index contributed by atoms with van der Waals surface area (Å²) in [4.78, 5) is 2.38. The fourth-order valence-corrected chi connectivity index (χ4v) is 0.671. The van der Waals surface area contributed by atoms with E-state index in [4.69, 9.17) is 0 Å². The Morgan fingerprint density at radius 2 is 1.11 bits per heavy atom. The Labute approximate surface area is 57.9 Å². The van der Waals surface area contributed by atoms with Crippen molar-refractivity contribution in [1.82, 2.24) is 4.90 Å². The van der Waals surface area contributed by atoms with Gasteiger partial charge in [0.1, 0.15) is 0 Å². The summed E-state index contributed by atoms with van der Waals surface area (Å²) in [5.74, 6) is 0. The topological polar surface area (TPSA) is 3.24 Å². The van der Waals surface area contributed by atoms with Gasteiger partial charge in [0.15, 0.2) is 0 Å². The maximum atomic E-state index is 9.50. The van der Waals surface area contributed by atoms with Gasteiger partial charge in [0.25, 0.3) is 0 Å². The Balaban J connectivity index is 0. The van der Waals surface area contributed by atoms with Crippen LogP contribution in [0.25, 0.3) is 0 Å². The van der Waals surface area contributed by atoms with Crippen LogP contribution < -0.4 is 0 Å². The lowest BCUT2D eigenvalue weighted by Crippen LogP contribution is -2.21. The Bertz CT molecular complexity index is 30.4. The van der Waals surface area contributed by atoms with Crippen molar-refractivity contribution < 1.29 is 4.39 Å². The van der Waals surface area contributed by atoms with Gasteiger partial charge in [0, 0.05) is 0 Å². The van der Waals surface area contributed by atoms with Gasteiger partial charge in [-0.25, -0.2) is 0 Å². The summed E-state index contributed by atoms with van der Waals surface area (Å²) in [7, 11) is 0.500. The molecule has 0 saturated carbocycles. The van der Waals surface area contributed by atoms with Gasteiger partial charge in [0.05, 0.1) is 7.18 Å². The molecule has 0 N–H and O–H groups in total. The minimum Gasteiger partial charge on any atom is -0.304 e. The fourth-order valence-electron chi connectivity index (χ4n) is 0.671. The van der Waals surface area contributed by atoms with Crippen LogP contribution in [0.1, 0.15) is 20.8 Å². The van der Waals surface area contributed by atoms with Crippen molar-refractivity contribution in [2.24, 2.45) is 0 Å². The number of rotatable bonds is 3. The van der Waals surface area contributed by atoms with E-state index in [2.05, 4.69) is 25.7 Å². The van der Waals surface area contributed by atoms with Crippen molar-refractivity contribution in [3.63, 3.8) is 0 Å². The first kappa shape index (κ1) is 11.7. The summed E-state index contributed by atoms with van der Waals surface area (Å²) in [6, 6.07) is 0. The van der Waals surface area contributed by atoms with E-state index in [1.54, 1.807) is 0 Å². The van der Waals surface area contributed by atoms with Gasteiger partial charge in [0.2, 0.25) is 0 Å². The van der Waals surface area contributed by atoms with E-state index in [1.165, 1.54) is 19.6 Å². The highest BCUT2D eigenvalue weighted by molar-refractivity contribution is 4.43. The molecule has 0 fully saturated rings. The van der Waals surface area contributed by atoms with Gasteiger partial charge in [-0.1, -0.05) is 20.8 Å². The lowest BCUT2D eigenvalue weighted by Gasteiger charge is -2.13. The molecule has 0 rings (SSSR count). The van der Waals surface area contributed by atoms with Crippen LogP contribution >= 0.6 is 0 Å². The van der Waals surface area contributed by atoms with Crippen LogP contribution in [0.5, 0.6) is 0 Å². The van der Waals surface area contributed by atoms with Crippen LogP contribution in [0.2, 0.25) is 0 Å². The molecule has 0 aromatic heterocycles. The molecule has 0 radical (unpaired) electrons. The molecule has 0 atom stereocenters. The Hall–Kier alpha value is -0.110. The Kier molecular flexibility index (Phi) is 14.0. The van der Waals surface area contributed by atoms with Crippen molar-refractivity contribution in [2.45, 2.75) is 20.8 Å². The van der Waals surface area contributed by atoms with E-state index in [9.17, 15) is 4.39 Å². The molecular formula is C7H18FN. The van der Waals surface area contributed by atoms with Gasteiger partial charge in [-0.2, -0.15) is 0 Å². The summed E-state index contributed by atoms with van der Waals surface area (Å²) in [6.45, 7) is 10.1. The lowest BCUT2D eigenvalue weighted by atomic mass is 10.5. The van der Waals surface area contributed by atoms with Crippen LogP contribution in [-0.4, -0.2) is 31.7 Å². The maximum Gasteiger partial charge on any atom is 0.0785 e. The maximum absolute atomic E-state index is 9.50. The molecule has 0 bridgehead atoms. The summed E-state index contributed by atoms with van der Waals surface area (Å²) >= 11 is 0. The fraction of sp³-hybridized carbons (Fsp3) is 1.00. The first-order valence-corrected chi connectivity index (χ1v) is 3.45. The number of hydrogen-bond acceptors (Lipinski definition) is 1. The van der Waals surface area contributed by atoms with Gasteiger partial charge in [-0.15, -0.1) is 0 Å². The molecule has 9 heavy (non-hydrogen) atoms. The standard InChI is InChI=1S/C6H15N.CH3F/c1-4-7(5-2)6-3;1-2/h4-6H2,1-3H3;1H3. The SMILES string of the molecule is CCN(CC)CC.CF. The van der Waals surface area contributed by atoms with Crippen LogP contribution in [0.3, 0.4) is 0 Å². The monoisotopic (exact) mass is 135 g/mol. The van der Waals surface area contributed by atoms with Crippen LogP contribution in [0, 0.1) is 0 Å². The smallest absolute Gasteiger partial charge is 0.0785 e.